The highest BCUT2D eigenvalue weighted by molar-refractivity contribution is 5.98. The molecule has 3 atom stereocenters. The molecule has 0 spiro atoms. The number of likely N-dealkylation sites (tertiary alicyclic amines) is 1. The van der Waals surface area contributed by atoms with Crippen molar-refractivity contribution in [2.24, 2.45) is 0 Å². The van der Waals surface area contributed by atoms with E-state index in [1.807, 2.05) is 36.4 Å². The van der Waals surface area contributed by atoms with Crippen LogP contribution in [0.25, 0.3) is 10.9 Å². The second-order valence-corrected chi connectivity index (χ2v) is 11.3. The topological polar surface area (TPSA) is 98.4 Å². The van der Waals surface area contributed by atoms with E-state index in [2.05, 4.69) is 16.0 Å². The summed E-state index contributed by atoms with van der Waals surface area (Å²) >= 11 is 0. The third-order valence-corrected chi connectivity index (χ3v) is 8.83. The number of nitrogens with zero attached hydrogens (tertiary/aromatic N) is 4. The lowest BCUT2D eigenvalue weighted by atomic mass is 9.85. The van der Waals surface area contributed by atoms with Crippen molar-refractivity contribution < 1.29 is 23.9 Å². The van der Waals surface area contributed by atoms with Gasteiger partial charge < -0.3 is 34.1 Å². The maximum Gasteiger partial charge on any atom is 0.246 e. The molecule has 4 aliphatic rings. The smallest absolute Gasteiger partial charge is 0.246 e. The minimum atomic E-state index is -0.590. The first-order chi connectivity index (χ1) is 19.4. The van der Waals surface area contributed by atoms with E-state index >= 15 is 0 Å². The summed E-state index contributed by atoms with van der Waals surface area (Å²) < 4.78 is 11.2. The van der Waals surface area contributed by atoms with Crippen LogP contribution in [-0.2, 0) is 20.8 Å². The first-order valence-electron chi connectivity index (χ1n) is 13.9. The van der Waals surface area contributed by atoms with Crippen LogP contribution >= 0.6 is 0 Å². The first kappa shape index (κ1) is 25.0. The van der Waals surface area contributed by atoms with Crippen molar-refractivity contribution in [2.75, 3.05) is 47.1 Å². The van der Waals surface area contributed by atoms with Gasteiger partial charge in [-0.1, -0.05) is 24.3 Å². The number of ether oxygens (including phenoxy) is 2. The van der Waals surface area contributed by atoms with Gasteiger partial charge >= 0.3 is 0 Å². The Balaban J connectivity index is 1.21. The molecule has 0 bridgehead atoms. The predicted octanol–water partition coefficient (Wildman–Crippen LogP) is 2.13. The zero-order valence-corrected chi connectivity index (χ0v) is 22.8. The molecule has 1 aromatic heterocycles. The van der Waals surface area contributed by atoms with Gasteiger partial charge in [-0.2, -0.15) is 0 Å². The maximum atomic E-state index is 14.2. The molecule has 10 heteroatoms. The highest BCUT2D eigenvalue weighted by atomic mass is 16.7. The number of piperazine rings is 1. The lowest BCUT2D eigenvalue weighted by Gasteiger charge is -2.48. The van der Waals surface area contributed by atoms with Gasteiger partial charge in [-0.3, -0.25) is 14.4 Å². The highest BCUT2D eigenvalue weighted by Gasteiger charge is 2.50. The Morgan fingerprint density at radius 1 is 1.10 bits per heavy atom. The van der Waals surface area contributed by atoms with E-state index in [-0.39, 0.29) is 37.1 Å². The number of nitrogens with one attached hydrogen (secondary N) is 1. The highest BCUT2D eigenvalue weighted by Crippen LogP contribution is 2.45. The van der Waals surface area contributed by atoms with Crippen LogP contribution in [0.4, 0.5) is 0 Å². The number of aromatic amines is 1. The fourth-order valence-corrected chi connectivity index (χ4v) is 6.77. The molecule has 40 heavy (non-hydrogen) atoms. The molecule has 0 radical (unpaired) electrons. The molecule has 0 unspecified atom stereocenters. The average molecular weight is 544 g/mol. The van der Waals surface area contributed by atoms with Crippen LogP contribution in [0.1, 0.15) is 35.7 Å². The molecule has 3 amide bonds. The molecule has 208 valence electrons. The lowest BCUT2D eigenvalue weighted by molar-refractivity contribution is -0.160. The zero-order valence-electron chi connectivity index (χ0n) is 22.8. The van der Waals surface area contributed by atoms with Gasteiger partial charge in [-0.25, -0.2) is 0 Å². The van der Waals surface area contributed by atoms with Gasteiger partial charge in [0.1, 0.15) is 12.6 Å². The number of benzene rings is 2. The van der Waals surface area contributed by atoms with Gasteiger partial charge in [-0.15, -0.1) is 0 Å². The van der Waals surface area contributed by atoms with Crippen LogP contribution in [0, 0.1) is 0 Å². The number of carbonyl (C=O) groups is 3. The number of rotatable bonds is 5. The standard InChI is InChI=1S/C30H33N5O5/c1-32(2)26(36)10-12-33-11-9-19(15-33)34-16-27(37)35-23(30(34)38)14-21-20-5-3-4-6-22(20)31-28(21)29(35)18-7-8-24-25(13-18)40-17-39-24/h3-8,13,19,23,29,31H,9-12,14-17H2,1-2H3/t19-,23-,29-/m1/s1. The Hall–Kier alpha value is -4.05. The minimum absolute atomic E-state index is 0.00232. The summed E-state index contributed by atoms with van der Waals surface area (Å²) in [6.07, 6.45) is 1.71. The predicted molar refractivity (Wildman–Crippen MR) is 147 cm³/mol. The molecule has 10 nitrogen and oxygen atoms in total. The molecule has 7 rings (SSSR count). The Labute approximate surface area is 232 Å². The van der Waals surface area contributed by atoms with E-state index < -0.39 is 12.1 Å². The summed E-state index contributed by atoms with van der Waals surface area (Å²) in [5.74, 6) is 1.36. The first-order valence-corrected chi connectivity index (χ1v) is 13.9. The molecule has 2 fully saturated rings. The normalized spacial score (nSPS) is 24.0. The van der Waals surface area contributed by atoms with Crippen molar-refractivity contribution in [1.29, 1.82) is 0 Å². The molecule has 0 saturated carbocycles. The van der Waals surface area contributed by atoms with Gasteiger partial charge in [0.05, 0.1) is 6.04 Å². The monoisotopic (exact) mass is 543 g/mol. The summed E-state index contributed by atoms with van der Waals surface area (Å²) in [6.45, 7) is 2.37. The van der Waals surface area contributed by atoms with Crippen molar-refractivity contribution in [2.45, 2.75) is 37.4 Å². The van der Waals surface area contributed by atoms with E-state index in [4.69, 9.17) is 9.47 Å². The number of hydrogen-bond acceptors (Lipinski definition) is 6. The van der Waals surface area contributed by atoms with Gasteiger partial charge in [0.15, 0.2) is 11.5 Å². The molecular formula is C30H33N5O5. The number of amides is 3. The molecule has 5 heterocycles. The second kappa shape index (κ2) is 9.55. The van der Waals surface area contributed by atoms with Crippen molar-refractivity contribution >= 4 is 28.6 Å². The largest absolute Gasteiger partial charge is 0.454 e. The third kappa shape index (κ3) is 4.00. The van der Waals surface area contributed by atoms with Gasteiger partial charge in [0.25, 0.3) is 0 Å². The van der Waals surface area contributed by atoms with Crippen LogP contribution < -0.4 is 9.47 Å². The molecule has 2 saturated heterocycles. The lowest BCUT2D eigenvalue weighted by Crippen LogP contribution is -2.65. The quantitative estimate of drug-likeness (QED) is 0.530. The average Bonchev–Trinajstić information content (AvgIpc) is 3.70. The summed E-state index contributed by atoms with van der Waals surface area (Å²) in [4.78, 5) is 51.2. The molecule has 1 N–H and O–H groups in total. The summed E-state index contributed by atoms with van der Waals surface area (Å²) in [6, 6.07) is 12.8. The van der Waals surface area contributed by atoms with E-state index in [1.54, 1.807) is 28.8 Å². The third-order valence-electron chi connectivity index (χ3n) is 8.83. The number of fused-ring (bicyclic) bond motifs is 5. The Morgan fingerprint density at radius 3 is 2.77 bits per heavy atom. The Morgan fingerprint density at radius 2 is 1.93 bits per heavy atom. The van der Waals surface area contributed by atoms with Crippen LogP contribution in [0.3, 0.4) is 0 Å². The van der Waals surface area contributed by atoms with E-state index in [9.17, 15) is 14.4 Å². The van der Waals surface area contributed by atoms with Gasteiger partial charge in [0, 0.05) is 69.2 Å². The van der Waals surface area contributed by atoms with Crippen molar-refractivity contribution in [3.8, 4) is 11.5 Å². The van der Waals surface area contributed by atoms with Crippen molar-refractivity contribution in [3.05, 3.63) is 59.3 Å². The number of aromatic nitrogens is 1. The van der Waals surface area contributed by atoms with Crippen LogP contribution in [0.5, 0.6) is 11.5 Å². The summed E-state index contributed by atoms with van der Waals surface area (Å²) in [7, 11) is 3.53. The molecule has 4 aliphatic heterocycles. The van der Waals surface area contributed by atoms with E-state index in [0.29, 0.717) is 37.4 Å². The Kier molecular flexibility index (Phi) is 5.96. The van der Waals surface area contributed by atoms with E-state index in [0.717, 1.165) is 40.7 Å². The number of H-pyrrole nitrogens is 1. The summed E-state index contributed by atoms with van der Waals surface area (Å²) in [5.41, 5.74) is 3.91. The minimum Gasteiger partial charge on any atom is -0.454 e. The van der Waals surface area contributed by atoms with Gasteiger partial charge in [0.2, 0.25) is 24.5 Å². The number of para-hydroxylation sites is 1. The SMILES string of the molecule is CN(C)C(=O)CCN1CC[C@@H](N2CC(=O)N3[C@H](c4ccc5c(c4)OCO5)c4[nH]c5ccccc5c4C[C@@H]3C2=O)C1. The van der Waals surface area contributed by atoms with E-state index in [1.165, 1.54) is 0 Å². The molecule has 2 aromatic carbocycles. The molecular weight excluding hydrogens is 510 g/mol. The van der Waals surface area contributed by atoms with Gasteiger partial charge in [-0.05, 0) is 35.7 Å². The molecule has 0 aliphatic carbocycles. The van der Waals surface area contributed by atoms with Crippen LogP contribution in [-0.4, -0.2) is 101 Å². The second-order valence-electron chi connectivity index (χ2n) is 11.3. The number of carbonyl (C=O) groups excluding carboxylic acids is 3. The fourth-order valence-electron chi connectivity index (χ4n) is 6.77. The zero-order chi connectivity index (χ0) is 27.5. The van der Waals surface area contributed by atoms with Crippen LogP contribution in [0.2, 0.25) is 0 Å². The molecule has 3 aromatic rings. The van der Waals surface area contributed by atoms with Crippen molar-refractivity contribution in [3.63, 3.8) is 0 Å². The number of hydrogen-bond donors (Lipinski definition) is 1. The Bertz CT molecular complexity index is 1520. The van der Waals surface area contributed by atoms with Crippen molar-refractivity contribution in [1.82, 2.24) is 24.6 Å². The summed E-state index contributed by atoms with van der Waals surface area (Å²) in [5, 5.41) is 1.08. The fraction of sp³-hybridized carbons (Fsp3) is 0.433. The van der Waals surface area contributed by atoms with Crippen LogP contribution in [0.15, 0.2) is 42.5 Å². The maximum absolute atomic E-state index is 14.2.